The predicted molar refractivity (Wildman–Crippen MR) is 82.7 cm³/mol. The van der Waals surface area contributed by atoms with Gasteiger partial charge >= 0.3 is 0 Å². The van der Waals surface area contributed by atoms with Crippen LogP contribution in [0.15, 0.2) is 36.9 Å². The van der Waals surface area contributed by atoms with Gasteiger partial charge in [-0.3, -0.25) is 4.68 Å². The second-order valence-corrected chi connectivity index (χ2v) is 6.78. The van der Waals surface area contributed by atoms with Gasteiger partial charge < -0.3 is 0 Å². The third-order valence-corrected chi connectivity index (χ3v) is 4.05. The number of hydrogen-bond acceptors (Lipinski definition) is 2. The molecule has 1 aromatic carbocycles. The molecule has 2 aromatic rings. The summed E-state index contributed by atoms with van der Waals surface area (Å²) in [6.07, 6.45) is 5.58. The van der Waals surface area contributed by atoms with E-state index >= 15 is 0 Å². The van der Waals surface area contributed by atoms with Gasteiger partial charge in [-0.15, -0.1) is 0 Å². The van der Waals surface area contributed by atoms with Crippen molar-refractivity contribution in [3.63, 3.8) is 0 Å². The fraction of sp³-hybridized carbons (Fsp3) is 0.500. The van der Waals surface area contributed by atoms with E-state index in [0.29, 0.717) is 5.92 Å². The molecule has 1 atom stereocenters. The van der Waals surface area contributed by atoms with Crippen LogP contribution in [0.1, 0.15) is 32.8 Å². The summed E-state index contributed by atoms with van der Waals surface area (Å²) in [4.78, 5) is 4.02. The van der Waals surface area contributed by atoms with Crippen molar-refractivity contribution in [3.8, 4) is 0 Å². The van der Waals surface area contributed by atoms with Crippen molar-refractivity contribution >= 4 is 11.6 Å². The van der Waals surface area contributed by atoms with Crippen LogP contribution in [0, 0.1) is 11.3 Å². The summed E-state index contributed by atoms with van der Waals surface area (Å²) in [6.45, 7) is 7.78. The summed E-state index contributed by atoms with van der Waals surface area (Å²) in [5, 5.41) is 5.02. The van der Waals surface area contributed by atoms with Gasteiger partial charge in [0.15, 0.2) is 0 Å². The van der Waals surface area contributed by atoms with Crippen molar-refractivity contribution in [1.82, 2.24) is 14.8 Å². The highest BCUT2D eigenvalue weighted by Gasteiger charge is 2.25. The number of benzene rings is 1. The van der Waals surface area contributed by atoms with Crippen molar-refractivity contribution in [3.05, 3.63) is 47.5 Å². The molecule has 0 saturated carbocycles. The van der Waals surface area contributed by atoms with E-state index in [2.05, 4.69) is 43.0 Å². The lowest BCUT2D eigenvalue weighted by Gasteiger charge is -2.30. The molecule has 0 aliphatic heterocycles. The van der Waals surface area contributed by atoms with Gasteiger partial charge in [-0.2, -0.15) is 5.10 Å². The van der Waals surface area contributed by atoms with Gasteiger partial charge in [0.05, 0.1) is 0 Å². The number of rotatable bonds is 5. The van der Waals surface area contributed by atoms with E-state index in [-0.39, 0.29) is 5.41 Å². The van der Waals surface area contributed by atoms with Crippen molar-refractivity contribution in [2.24, 2.45) is 11.3 Å². The second-order valence-electron chi connectivity index (χ2n) is 6.35. The molecule has 4 heteroatoms. The summed E-state index contributed by atoms with van der Waals surface area (Å²) in [7, 11) is 0. The third kappa shape index (κ3) is 4.34. The lowest BCUT2D eigenvalue weighted by molar-refractivity contribution is 0.192. The number of halogens is 1. The number of nitrogens with zero attached hydrogens (tertiary/aromatic N) is 3. The monoisotopic (exact) mass is 291 g/mol. The first-order chi connectivity index (χ1) is 9.45. The summed E-state index contributed by atoms with van der Waals surface area (Å²) in [6, 6.07) is 8.13. The van der Waals surface area contributed by atoms with Crippen LogP contribution in [0.4, 0.5) is 0 Å². The Kier molecular flexibility index (Phi) is 4.81. The van der Waals surface area contributed by atoms with E-state index in [0.717, 1.165) is 24.4 Å². The van der Waals surface area contributed by atoms with E-state index in [4.69, 9.17) is 11.6 Å². The minimum Gasteiger partial charge on any atom is -0.253 e. The summed E-state index contributed by atoms with van der Waals surface area (Å²) in [5.41, 5.74) is 1.58. The average Bonchev–Trinajstić information content (AvgIpc) is 2.88. The first-order valence-electron chi connectivity index (χ1n) is 7.02. The van der Waals surface area contributed by atoms with Crippen LogP contribution < -0.4 is 0 Å². The Bertz CT molecular complexity index is 512. The third-order valence-electron chi connectivity index (χ3n) is 3.79. The molecule has 0 saturated heterocycles. The Labute approximate surface area is 126 Å². The van der Waals surface area contributed by atoms with Crippen molar-refractivity contribution < 1.29 is 0 Å². The van der Waals surface area contributed by atoms with Gasteiger partial charge in [0, 0.05) is 11.6 Å². The van der Waals surface area contributed by atoms with Crippen molar-refractivity contribution in [2.45, 2.75) is 40.2 Å². The van der Waals surface area contributed by atoms with Crippen LogP contribution in [0.2, 0.25) is 5.02 Å². The van der Waals surface area contributed by atoms with Crippen LogP contribution in [0.25, 0.3) is 0 Å². The Morgan fingerprint density at radius 1 is 1.20 bits per heavy atom. The molecule has 0 fully saturated rings. The number of hydrogen-bond donors (Lipinski definition) is 0. The highest BCUT2D eigenvalue weighted by Crippen LogP contribution is 2.31. The molecule has 108 valence electrons. The molecule has 3 nitrogen and oxygen atoms in total. The Hall–Kier alpha value is -1.35. The van der Waals surface area contributed by atoms with Crippen LogP contribution in [-0.4, -0.2) is 14.8 Å². The maximum atomic E-state index is 5.92. The van der Waals surface area contributed by atoms with E-state index in [1.807, 2.05) is 16.8 Å². The van der Waals surface area contributed by atoms with E-state index in [9.17, 15) is 0 Å². The molecule has 0 spiro atoms. The lowest BCUT2D eigenvalue weighted by Crippen LogP contribution is -2.26. The smallest absolute Gasteiger partial charge is 0.137 e. The van der Waals surface area contributed by atoms with Crippen molar-refractivity contribution in [2.75, 3.05) is 0 Å². The predicted octanol–water partition coefficient (Wildman–Crippen LogP) is 4.23. The van der Waals surface area contributed by atoms with Crippen molar-refractivity contribution in [1.29, 1.82) is 0 Å². The number of aryl methyl sites for hydroxylation is 1. The van der Waals surface area contributed by atoms with E-state index in [1.165, 1.54) is 5.56 Å². The summed E-state index contributed by atoms with van der Waals surface area (Å²) < 4.78 is 1.93. The molecule has 2 rings (SSSR count). The van der Waals surface area contributed by atoms with Gasteiger partial charge in [-0.05, 0) is 41.9 Å². The first-order valence-corrected chi connectivity index (χ1v) is 7.40. The molecule has 0 N–H and O–H groups in total. The molecule has 0 amide bonds. The highest BCUT2D eigenvalue weighted by atomic mass is 35.5. The second kappa shape index (κ2) is 6.40. The Morgan fingerprint density at radius 3 is 2.45 bits per heavy atom. The normalized spacial score (nSPS) is 13.4. The quantitative estimate of drug-likeness (QED) is 0.825. The largest absolute Gasteiger partial charge is 0.253 e. The maximum Gasteiger partial charge on any atom is 0.137 e. The molecule has 1 aromatic heterocycles. The van der Waals surface area contributed by atoms with Crippen LogP contribution in [0.5, 0.6) is 0 Å². The van der Waals surface area contributed by atoms with Gasteiger partial charge in [0.1, 0.15) is 12.7 Å². The SMILES string of the molecule is CC(C)(C)C(CCc1ccc(Cl)cc1)Cn1cncn1. The minimum atomic E-state index is 0.248. The van der Waals surface area contributed by atoms with Crippen LogP contribution >= 0.6 is 11.6 Å². The van der Waals surface area contributed by atoms with Crippen LogP contribution in [0.3, 0.4) is 0 Å². The van der Waals surface area contributed by atoms with Gasteiger partial charge in [-0.25, -0.2) is 4.98 Å². The Balaban J connectivity index is 1.99. The molecular weight excluding hydrogens is 270 g/mol. The van der Waals surface area contributed by atoms with Gasteiger partial charge in [0.2, 0.25) is 0 Å². The zero-order valence-electron chi connectivity index (χ0n) is 12.4. The molecule has 0 aliphatic rings. The molecular formula is C16H22ClN3. The molecule has 1 heterocycles. The Morgan fingerprint density at radius 2 is 1.90 bits per heavy atom. The fourth-order valence-corrected chi connectivity index (χ4v) is 2.47. The fourth-order valence-electron chi connectivity index (χ4n) is 2.34. The zero-order valence-corrected chi connectivity index (χ0v) is 13.1. The highest BCUT2D eigenvalue weighted by molar-refractivity contribution is 6.30. The lowest BCUT2D eigenvalue weighted by atomic mass is 9.77. The van der Waals surface area contributed by atoms with E-state index in [1.54, 1.807) is 12.7 Å². The maximum absolute atomic E-state index is 5.92. The molecule has 1 unspecified atom stereocenters. The molecule has 0 bridgehead atoms. The number of aromatic nitrogens is 3. The summed E-state index contributed by atoms with van der Waals surface area (Å²) >= 11 is 5.92. The minimum absolute atomic E-state index is 0.248. The first kappa shape index (κ1) is 15.0. The topological polar surface area (TPSA) is 30.7 Å². The van der Waals surface area contributed by atoms with E-state index < -0.39 is 0 Å². The molecule has 0 aliphatic carbocycles. The van der Waals surface area contributed by atoms with Crippen LogP contribution in [-0.2, 0) is 13.0 Å². The zero-order chi connectivity index (χ0) is 14.6. The standard InChI is InChI=1S/C16H22ClN3/c1-16(2,3)14(10-20-12-18-11-19-20)7-4-13-5-8-15(17)9-6-13/h5-6,8-9,11-12,14H,4,7,10H2,1-3H3. The molecule has 20 heavy (non-hydrogen) atoms. The summed E-state index contributed by atoms with van der Waals surface area (Å²) in [5.74, 6) is 0.555. The molecule has 0 radical (unpaired) electrons. The van der Waals surface area contributed by atoms with Gasteiger partial charge in [0.25, 0.3) is 0 Å². The van der Waals surface area contributed by atoms with Gasteiger partial charge in [-0.1, -0.05) is 44.5 Å². The average molecular weight is 292 g/mol.